The van der Waals surface area contributed by atoms with Crippen molar-refractivity contribution in [2.75, 3.05) is 30.0 Å². The van der Waals surface area contributed by atoms with Gasteiger partial charge in [-0.25, -0.2) is 0 Å². The van der Waals surface area contributed by atoms with Crippen molar-refractivity contribution in [1.82, 2.24) is 4.98 Å². The minimum Gasteiger partial charge on any atom is -0.486 e. The Morgan fingerprint density at radius 3 is 2.83 bits per heavy atom. The number of pyridine rings is 1. The summed E-state index contributed by atoms with van der Waals surface area (Å²) in [5.74, 6) is 1.67. The predicted molar refractivity (Wildman–Crippen MR) is 90.4 cm³/mol. The minimum absolute atomic E-state index is 0.449. The highest BCUT2D eigenvalue weighted by molar-refractivity contribution is 5.77. The van der Waals surface area contributed by atoms with Gasteiger partial charge in [0, 0.05) is 43.7 Å². The molecule has 0 fully saturated rings. The van der Waals surface area contributed by atoms with Crippen LogP contribution in [0, 0.1) is 0 Å². The molecule has 0 saturated carbocycles. The van der Waals surface area contributed by atoms with Crippen molar-refractivity contribution in [3.8, 4) is 11.5 Å². The Hall–Kier alpha value is -2.43. The van der Waals surface area contributed by atoms with Gasteiger partial charge >= 0.3 is 0 Å². The van der Waals surface area contributed by atoms with E-state index in [2.05, 4.69) is 40.3 Å². The molecule has 5 heteroatoms. The van der Waals surface area contributed by atoms with Crippen LogP contribution in [0.2, 0.25) is 0 Å². The molecule has 1 atom stereocenters. The zero-order valence-corrected chi connectivity index (χ0v) is 13.3. The third-order valence-corrected chi connectivity index (χ3v) is 4.49. The lowest BCUT2D eigenvalue weighted by Crippen LogP contribution is -2.43. The molecule has 4 rings (SSSR count). The Morgan fingerprint density at radius 2 is 2.09 bits per heavy atom. The Labute approximate surface area is 136 Å². The van der Waals surface area contributed by atoms with Gasteiger partial charge in [0.2, 0.25) is 0 Å². The normalized spacial score (nSPS) is 19.0. The molecule has 1 unspecified atom stereocenters. The summed E-state index contributed by atoms with van der Waals surface area (Å²) in [6.45, 7) is 5.23. The fourth-order valence-corrected chi connectivity index (χ4v) is 3.26. The first-order chi connectivity index (χ1) is 11.3. The minimum atomic E-state index is 0.449. The lowest BCUT2D eigenvalue weighted by molar-refractivity contribution is 0.171. The summed E-state index contributed by atoms with van der Waals surface area (Å²) in [5.41, 5.74) is 3.51. The van der Waals surface area contributed by atoms with E-state index in [0.29, 0.717) is 19.3 Å². The zero-order chi connectivity index (χ0) is 15.6. The average Bonchev–Trinajstić information content (AvgIpc) is 2.61. The summed E-state index contributed by atoms with van der Waals surface area (Å²) < 4.78 is 11.5. The van der Waals surface area contributed by atoms with Crippen LogP contribution >= 0.6 is 0 Å². The van der Waals surface area contributed by atoms with E-state index in [1.165, 1.54) is 11.3 Å². The smallest absolute Gasteiger partial charge is 0.163 e. The summed E-state index contributed by atoms with van der Waals surface area (Å²) in [6.07, 6.45) is 4.83. The van der Waals surface area contributed by atoms with Crippen LogP contribution < -0.4 is 19.7 Å². The van der Waals surface area contributed by atoms with Crippen LogP contribution in [0.4, 0.5) is 11.4 Å². The van der Waals surface area contributed by atoms with Crippen LogP contribution in [0.5, 0.6) is 11.5 Å². The van der Waals surface area contributed by atoms with Crippen molar-refractivity contribution in [3.63, 3.8) is 0 Å². The summed E-state index contributed by atoms with van der Waals surface area (Å²) in [4.78, 5) is 6.69. The maximum Gasteiger partial charge on any atom is 0.163 e. The lowest BCUT2D eigenvalue weighted by Gasteiger charge is -2.40. The molecule has 2 aliphatic rings. The summed E-state index contributed by atoms with van der Waals surface area (Å²) in [7, 11) is 0. The van der Waals surface area contributed by atoms with Crippen molar-refractivity contribution in [2.45, 2.75) is 25.9 Å². The molecule has 5 nitrogen and oxygen atoms in total. The largest absolute Gasteiger partial charge is 0.486 e. The number of hydrogen-bond acceptors (Lipinski definition) is 5. The van der Waals surface area contributed by atoms with Gasteiger partial charge in [0.1, 0.15) is 13.2 Å². The van der Waals surface area contributed by atoms with Crippen LogP contribution in [-0.4, -0.2) is 30.8 Å². The monoisotopic (exact) mass is 311 g/mol. The summed E-state index contributed by atoms with van der Waals surface area (Å²) in [5, 5.41) is 3.54. The first kappa shape index (κ1) is 14.2. The van der Waals surface area contributed by atoms with Crippen molar-refractivity contribution >= 4 is 11.4 Å². The lowest BCUT2D eigenvalue weighted by atomic mass is 10.0. The molecular weight excluding hydrogens is 290 g/mol. The average molecular weight is 311 g/mol. The Balaban J connectivity index is 1.72. The molecule has 1 N–H and O–H groups in total. The van der Waals surface area contributed by atoms with Crippen molar-refractivity contribution in [2.24, 2.45) is 0 Å². The molecule has 1 aromatic heterocycles. The molecule has 0 amide bonds. The van der Waals surface area contributed by atoms with E-state index >= 15 is 0 Å². The third-order valence-electron chi connectivity index (χ3n) is 4.49. The number of nitrogens with one attached hydrogen (secondary N) is 1. The van der Waals surface area contributed by atoms with E-state index in [-0.39, 0.29) is 0 Å². The van der Waals surface area contributed by atoms with Crippen LogP contribution in [0.15, 0.2) is 36.7 Å². The molecule has 0 spiro atoms. The predicted octanol–water partition coefficient (Wildman–Crippen LogP) is 3.06. The van der Waals surface area contributed by atoms with Gasteiger partial charge in [-0.05, 0) is 18.1 Å². The second-order valence-corrected chi connectivity index (χ2v) is 5.95. The molecular formula is C18H21N3O2. The zero-order valence-electron chi connectivity index (χ0n) is 13.3. The first-order valence-corrected chi connectivity index (χ1v) is 8.18. The van der Waals surface area contributed by atoms with Gasteiger partial charge < -0.3 is 19.7 Å². The Bertz CT molecular complexity index is 690. The Morgan fingerprint density at radius 1 is 1.26 bits per heavy atom. The SMILES string of the molecule is CCC1CNc2cc3c(cc2N1Cc1cccnc1)OCCO3. The molecule has 1 aromatic carbocycles. The molecule has 0 bridgehead atoms. The van der Waals surface area contributed by atoms with Crippen molar-refractivity contribution in [3.05, 3.63) is 42.2 Å². The van der Waals surface area contributed by atoms with E-state index in [4.69, 9.17) is 9.47 Å². The first-order valence-electron chi connectivity index (χ1n) is 8.18. The van der Waals surface area contributed by atoms with Crippen molar-refractivity contribution in [1.29, 1.82) is 0 Å². The van der Waals surface area contributed by atoms with Crippen molar-refractivity contribution < 1.29 is 9.47 Å². The van der Waals surface area contributed by atoms with E-state index in [1.807, 2.05) is 18.5 Å². The molecule has 2 aliphatic heterocycles. The highest BCUT2D eigenvalue weighted by Crippen LogP contribution is 2.43. The van der Waals surface area contributed by atoms with Gasteiger partial charge in [0.05, 0.1) is 11.4 Å². The molecule has 0 saturated heterocycles. The molecule has 120 valence electrons. The number of nitrogens with zero attached hydrogens (tertiary/aromatic N) is 2. The van der Waals surface area contributed by atoms with Gasteiger partial charge in [-0.1, -0.05) is 13.0 Å². The maximum atomic E-state index is 5.77. The summed E-state index contributed by atoms with van der Waals surface area (Å²) >= 11 is 0. The van der Waals surface area contributed by atoms with E-state index < -0.39 is 0 Å². The van der Waals surface area contributed by atoms with Gasteiger partial charge in [0.15, 0.2) is 11.5 Å². The molecule has 23 heavy (non-hydrogen) atoms. The van der Waals surface area contributed by atoms with Gasteiger partial charge in [0.25, 0.3) is 0 Å². The van der Waals surface area contributed by atoms with E-state index in [1.54, 1.807) is 0 Å². The quantitative estimate of drug-likeness (QED) is 0.944. The molecule has 0 aliphatic carbocycles. The van der Waals surface area contributed by atoms with Gasteiger partial charge in [-0.3, -0.25) is 4.98 Å². The molecule has 3 heterocycles. The number of anilines is 2. The summed E-state index contributed by atoms with van der Waals surface area (Å²) in [6, 6.07) is 8.73. The fourth-order valence-electron chi connectivity index (χ4n) is 3.26. The highest BCUT2D eigenvalue weighted by atomic mass is 16.6. The number of aromatic nitrogens is 1. The van der Waals surface area contributed by atoms with Gasteiger partial charge in [-0.15, -0.1) is 0 Å². The fraction of sp³-hybridized carbons (Fsp3) is 0.389. The third kappa shape index (κ3) is 2.67. The number of benzene rings is 1. The number of fused-ring (bicyclic) bond motifs is 2. The highest BCUT2D eigenvalue weighted by Gasteiger charge is 2.27. The number of hydrogen-bond donors (Lipinski definition) is 1. The van der Waals surface area contributed by atoms with Crippen LogP contribution in [0.25, 0.3) is 0 Å². The van der Waals surface area contributed by atoms with E-state index in [0.717, 1.165) is 36.7 Å². The van der Waals surface area contributed by atoms with Crippen LogP contribution in [-0.2, 0) is 6.54 Å². The van der Waals surface area contributed by atoms with E-state index in [9.17, 15) is 0 Å². The van der Waals surface area contributed by atoms with Crippen LogP contribution in [0.1, 0.15) is 18.9 Å². The topological polar surface area (TPSA) is 46.6 Å². The van der Waals surface area contributed by atoms with Crippen LogP contribution in [0.3, 0.4) is 0 Å². The second-order valence-electron chi connectivity index (χ2n) is 5.95. The second kappa shape index (κ2) is 5.99. The number of rotatable bonds is 3. The number of ether oxygens (including phenoxy) is 2. The maximum absolute atomic E-state index is 5.77. The molecule has 2 aromatic rings. The molecule has 0 radical (unpaired) electrons. The Kier molecular flexibility index (Phi) is 3.69. The van der Waals surface area contributed by atoms with Gasteiger partial charge in [-0.2, -0.15) is 0 Å². The standard InChI is InChI=1S/C18H21N3O2/c1-2-14-11-20-15-8-17-18(23-7-6-22-17)9-16(15)21(14)12-13-4-3-5-19-10-13/h3-5,8-10,14,20H,2,6-7,11-12H2,1H3.